The molecule has 26 heavy (non-hydrogen) atoms. The van der Waals surface area contributed by atoms with E-state index in [0.29, 0.717) is 29.2 Å². The molecule has 1 fully saturated rings. The normalized spacial score (nSPS) is 17.3. The Morgan fingerprint density at radius 1 is 1.31 bits per heavy atom. The minimum absolute atomic E-state index is 0.141. The van der Waals surface area contributed by atoms with Gasteiger partial charge in [0.25, 0.3) is 0 Å². The van der Waals surface area contributed by atoms with Gasteiger partial charge in [-0.05, 0) is 43.9 Å². The van der Waals surface area contributed by atoms with Crippen molar-refractivity contribution in [2.24, 2.45) is 0 Å². The van der Waals surface area contributed by atoms with E-state index in [0.717, 1.165) is 30.7 Å². The van der Waals surface area contributed by atoms with Gasteiger partial charge in [-0.25, -0.2) is 4.68 Å². The number of carbonyl (C=O) groups excluding carboxylic acids is 1. The van der Waals surface area contributed by atoms with E-state index in [1.165, 1.54) is 22.9 Å². The average molecular weight is 375 g/mol. The molecule has 1 aromatic heterocycles. The SMILES string of the molecule is COc1ccc(Cc2nnc(SCC(=O)N3CCCCC3C)n2N)cc1. The Balaban J connectivity index is 1.58. The summed E-state index contributed by atoms with van der Waals surface area (Å²) in [7, 11) is 1.64. The number of hydrogen-bond donors (Lipinski definition) is 1. The van der Waals surface area contributed by atoms with Crippen molar-refractivity contribution in [2.45, 2.75) is 43.8 Å². The van der Waals surface area contributed by atoms with E-state index in [4.69, 9.17) is 10.6 Å². The Kier molecular flexibility index (Phi) is 6.03. The third-order valence-electron chi connectivity index (χ3n) is 4.70. The summed E-state index contributed by atoms with van der Waals surface area (Å²) in [5, 5.41) is 8.87. The van der Waals surface area contributed by atoms with E-state index in [9.17, 15) is 4.79 Å². The lowest BCUT2D eigenvalue weighted by atomic mass is 10.0. The number of amides is 1. The van der Waals surface area contributed by atoms with Crippen LogP contribution in [0.2, 0.25) is 0 Å². The van der Waals surface area contributed by atoms with Crippen molar-refractivity contribution in [3.63, 3.8) is 0 Å². The van der Waals surface area contributed by atoms with Gasteiger partial charge in [0, 0.05) is 19.0 Å². The van der Waals surface area contributed by atoms with Gasteiger partial charge in [0.2, 0.25) is 11.1 Å². The highest BCUT2D eigenvalue weighted by Crippen LogP contribution is 2.21. The molecule has 2 aromatic rings. The molecule has 1 atom stereocenters. The van der Waals surface area contributed by atoms with Crippen LogP contribution in [-0.4, -0.2) is 51.1 Å². The summed E-state index contributed by atoms with van der Waals surface area (Å²) in [6.07, 6.45) is 3.93. The lowest BCUT2D eigenvalue weighted by Crippen LogP contribution is -2.43. The number of hydrogen-bond acceptors (Lipinski definition) is 6. The first-order valence-corrected chi connectivity index (χ1v) is 9.81. The molecular weight excluding hydrogens is 350 g/mol. The van der Waals surface area contributed by atoms with Crippen LogP contribution in [0, 0.1) is 0 Å². The summed E-state index contributed by atoms with van der Waals surface area (Å²) in [6, 6.07) is 8.07. The molecule has 8 heteroatoms. The molecule has 0 spiro atoms. The molecule has 1 aliphatic heterocycles. The van der Waals surface area contributed by atoms with Gasteiger partial charge < -0.3 is 15.5 Å². The van der Waals surface area contributed by atoms with Crippen LogP contribution >= 0.6 is 11.8 Å². The third kappa shape index (κ3) is 4.30. The Bertz CT molecular complexity index is 747. The molecule has 0 saturated carbocycles. The quantitative estimate of drug-likeness (QED) is 0.614. The van der Waals surface area contributed by atoms with Gasteiger partial charge in [-0.3, -0.25) is 4.79 Å². The molecule has 0 bridgehead atoms. The highest BCUT2D eigenvalue weighted by atomic mass is 32.2. The van der Waals surface area contributed by atoms with Gasteiger partial charge in [-0.15, -0.1) is 10.2 Å². The van der Waals surface area contributed by atoms with E-state index in [1.54, 1.807) is 7.11 Å². The minimum atomic E-state index is 0.141. The lowest BCUT2D eigenvalue weighted by Gasteiger charge is -2.33. The summed E-state index contributed by atoms with van der Waals surface area (Å²) in [4.78, 5) is 14.4. The first-order valence-electron chi connectivity index (χ1n) is 8.83. The molecule has 1 saturated heterocycles. The van der Waals surface area contributed by atoms with Gasteiger partial charge in [0.05, 0.1) is 12.9 Å². The van der Waals surface area contributed by atoms with E-state index in [1.807, 2.05) is 29.2 Å². The monoisotopic (exact) mass is 375 g/mol. The summed E-state index contributed by atoms with van der Waals surface area (Å²) < 4.78 is 6.64. The fraction of sp³-hybridized carbons (Fsp3) is 0.500. The van der Waals surface area contributed by atoms with Crippen LogP contribution in [0.1, 0.15) is 37.6 Å². The summed E-state index contributed by atoms with van der Waals surface area (Å²) in [6.45, 7) is 2.96. The number of nitrogen functional groups attached to an aromatic ring is 1. The molecule has 3 rings (SSSR count). The van der Waals surface area contributed by atoms with Crippen LogP contribution < -0.4 is 10.6 Å². The number of nitrogens with zero attached hydrogens (tertiary/aromatic N) is 4. The molecular formula is C18H25N5O2S. The zero-order chi connectivity index (χ0) is 18.5. The second-order valence-electron chi connectivity index (χ2n) is 6.51. The van der Waals surface area contributed by atoms with Gasteiger partial charge >= 0.3 is 0 Å². The topological polar surface area (TPSA) is 86.3 Å². The molecule has 2 heterocycles. The maximum atomic E-state index is 12.4. The van der Waals surface area contributed by atoms with Gasteiger partial charge in [-0.2, -0.15) is 0 Å². The number of thioether (sulfide) groups is 1. The standard InChI is InChI=1S/C18H25N5O2S/c1-13-5-3-4-10-22(13)17(24)12-26-18-21-20-16(23(18)19)11-14-6-8-15(25-2)9-7-14/h6-9,13H,3-5,10-12,19H2,1-2H3. The smallest absolute Gasteiger partial charge is 0.233 e. The van der Waals surface area contributed by atoms with Crippen molar-refractivity contribution in [1.82, 2.24) is 19.8 Å². The number of ether oxygens (including phenoxy) is 1. The van der Waals surface area contributed by atoms with Crippen molar-refractivity contribution in [3.8, 4) is 5.75 Å². The van der Waals surface area contributed by atoms with E-state index in [2.05, 4.69) is 17.1 Å². The number of carbonyl (C=O) groups is 1. The van der Waals surface area contributed by atoms with Crippen molar-refractivity contribution < 1.29 is 9.53 Å². The van der Waals surface area contributed by atoms with E-state index in [-0.39, 0.29) is 5.91 Å². The average Bonchev–Trinajstić information content (AvgIpc) is 3.00. The van der Waals surface area contributed by atoms with Crippen LogP contribution in [0.4, 0.5) is 0 Å². The number of piperidine rings is 1. The van der Waals surface area contributed by atoms with Crippen LogP contribution in [-0.2, 0) is 11.2 Å². The highest BCUT2D eigenvalue weighted by molar-refractivity contribution is 7.99. The highest BCUT2D eigenvalue weighted by Gasteiger charge is 2.23. The molecule has 140 valence electrons. The number of methoxy groups -OCH3 is 1. The number of benzene rings is 1. The predicted molar refractivity (Wildman–Crippen MR) is 102 cm³/mol. The van der Waals surface area contributed by atoms with Crippen molar-refractivity contribution in [2.75, 3.05) is 25.3 Å². The molecule has 0 aliphatic carbocycles. The predicted octanol–water partition coefficient (Wildman–Crippen LogP) is 2.08. The molecule has 1 aliphatic rings. The third-order valence-corrected chi connectivity index (χ3v) is 5.63. The maximum absolute atomic E-state index is 12.4. The maximum Gasteiger partial charge on any atom is 0.233 e. The number of likely N-dealkylation sites (tertiary alicyclic amines) is 1. The van der Waals surface area contributed by atoms with E-state index >= 15 is 0 Å². The Morgan fingerprint density at radius 3 is 2.77 bits per heavy atom. The van der Waals surface area contributed by atoms with Crippen molar-refractivity contribution >= 4 is 17.7 Å². The largest absolute Gasteiger partial charge is 0.497 e. The number of nitrogens with two attached hydrogens (primary N) is 1. The molecule has 7 nitrogen and oxygen atoms in total. The van der Waals surface area contributed by atoms with Crippen molar-refractivity contribution in [1.29, 1.82) is 0 Å². The Morgan fingerprint density at radius 2 is 2.08 bits per heavy atom. The van der Waals surface area contributed by atoms with Gasteiger partial charge in [-0.1, -0.05) is 23.9 Å². The van der Waals surface area contributed by atoms with Crippen molar-refractivity contribution in [3.05, 3.63) is 35.7 Å². The van der Waals surface area contributed by atoms with Crippen LogP contribution in [0.5, 0.6) is 5.75 Å². The zero-order valence-electron chi connectivity index (χ0n) is 15.2. The molecule has 0 radical (unpaired) electrons. The molecule has 1 amide bonds. The van der Waals surface area contributed by atoms with Gasteiger partial charge in [0.15, 0.2) is 5.82 Å². The fourth-order valence-corrected chi connectivity index (χ4v) is 3.89. The summed E-state index contributed by atoms with van der Waals surface area (Å²) in [5.41, 5.74) is 1.07. The first kappa shape index (κ1) is 18.6. The fourth-order valence-electron chi connectivity index (χ4n) is 3.13. The van der Waals surface area contributed by atoms with E-state index < -0.39 is 0 Å². The zero-order valence-corrected chi connectivity index (χ0v) is 16.0. The summed E-state index contributed by atoms with van der Waals surface area (Å²) in [5.74, 6) is 8.07. The molecule has 2 N–H and O–H groups in total. The van der Waals surface area contributed by atoms with Crippen LogP contribution in [0.25, 0.3) is 0 Å². The van der Waals surface area contributed by atoms with Crippen LogP contribution in [0.15, 0.2) is 29.4 Å². The van der Waals surface area contributed by atoms with Gasteiger partial charge in [0.1, 0.15) is 5.75 Å². The Labute approximate surface area is 157 Å². The molecule has 1 aromatic carbocycles. The molecule has 1 unspecified atom stereocenters. The number of rotatable bonds is 6. The van der Waals surface area contributed by atoms with Crippen LogP contribution in [0.3, 0.4) is 0 Å². The summed E-state index contributed by atoms with van der Waals surface area (Å²) >= 11 is 1.34. The minimum Gasteiger partial charge on any atom is -0.497 e. The lowest BCUT2D eigenvalue weighted by molar-refractivity contribution is -0.131. The second kappa shape index (κ2) is 8.44. The Hall–Kier alpha value is -2.22. The number of aromatic nitrogens is 3. The first-order chi connectivity index (χ1) is 12.6. The second-order valence-corrected chi connectivity index (χ2v) is 7.46.